The largest absolute Gasteiger partial charge is 0.490 e. The summed E-state index contributed by atoms with van der Waals surface area (Å²) in [4.78, 5) is 12.2. The van der Waals surface area contributed by atoms with Crippen molar-refractivity contribution in [2.45, 2.75) is 50.7 Å². The van der Waals surface area contributed by atoms with Crippen LogP contribution in [0.15, 0.2) is 24.3 Å². The molecule has 1 saturated carbocycles. The zero-order chi connectivity index (χ0) is 16.3. The smallest absolute Gasteiger partial charge is 0.251 e. The Morgan fingerprint density at radius 3 is 2.35 bits per heavy atom. The molecule has 1 N–H and O–H groups in total. The van der Waals surface area contributed by atoms with Gasteiger partial charge in [0, 0.05) is 11.6 Å². The van der Waals surface area contributed by atoms with Gasteiger partial charge in [-0.1, -0.05) is 6.42 Å². The van der Waals surface area contributed by atoms with Gasteiger partial charge < -0.3 is 10.1 Å². The first-order valence-corrected chi connectivity index (χ1v) is 10.1. The fourth-order valence-electron chi connectivity index (χ4n) is 3.24. The summed E-state index contributed by atoms with van der Waals surface area (Å²) in [5, 5.41) is 2.79. The number of amides is 1. The molecule has 126 valence electrons. The quantitative estimate of drug-likeness (QED) is 0.915. The van der Waals surface area contributed by atoms with Crippen LogP contribution in [0.4, 0.5) is 0 Å². The maximum absolute atomic E-state index is 12.2. The minimum Gasteiger partial charge on any atom is -0.490 e. The first-order chi connectivity index (χ1) is 11.0. The summed E-state index contributed by atoms with van der Waals surface area (Å²) in [6, 6.07) is 6.82. The molecule has 1 aliphatic carbocycles. The van der Waals surface area contributed by atoms with Crippen LogP contribution in [0.3, 0.4) is 0 Å². The molecule has 0 spiro atoms. The van der Waals surface area contributed by atoms with Gasteiger partial charge in [0.25, 0.3) is 5.91 Å². The minimum atomic E-state index is -2.98. The molecule has 0 aromatic heterocycles. The number of ether oxygens (including phenoxy) is 1. The first kappa shape index (κ1) is 16.3. The number of benzene rings is 1. The highest BCUT2D eigenvalue weighted by Crippen LogP contribution is 2.23. The van der Waals surface area contributed by atoms with Crippen LogP contribution in [0.25, 0.3) is 0 Å². The van der Waals surface area contributed by atoms with E-state index in [1.807, 2.05) is 12.1 Å². The second kappa shape index (κ2) is 6.91. The van der Waals surface area contributed by atoms with Crippen LogP contribution in [-0.2, 0) is 9.84 Å². The molecule has 1 aliphatic heterocycles. The second-order valence-electron chi connectivity index (χ2n) is 6.48. The van der Waals surface area contributed by atoms with Crippen LogP contribution < -0.4 is 10.1 Å². The van der Waals surface area contributed by atoms with E-state index in [1.165, 1.54) is 19.3 Å². The van der Waals surface area contributed by atoms with E-state index in [9.17, 15) is 13.2 Å². The van der Waals surface area contributed by atoms with Gasteiger partial charge in [-0.05, 0) is 56.4 Å². The van der Waals surface area contributed by atoms with Gasteiger partial charge in [0.15, 0.2) is 9.84 Å². The van der Waals surface area contributed by atoms with Gasteiger partial charge in [-0.3, -0.25) is 4.79 Å². The van der Waals surface area contributed by atoms with Gasteiger partial charge in [-0.25, -0.2) is 8.42 Å². The van der Waals surface area contributed by atoms with Crippen molar-refractivity contribution in [3.05, 3.63) is 29.8 Å². The number of nitrogens with one attached hydrogen (secondary N) is 1. The third-order valence-corrected chi connectivity index (χ3v) is 6.31. The summed E-state index contributed by atoms with van der Waals surface area (Å²) in [7, 11) is -2.98. The summed E-state index contributed by atoms with van der Waals surface area (Å²) >= 11 is 0. The number of sulfone groups is 1. The zero-order valence-electron chi connectivity index (χ0n) is 13.2. The fraction of sp³-hybridized carbons (Fsp3) is 0.588. The normalized spacial score (nSPS) is 24.3. The molecule has 2 fully saturated rings. The van der Waals surface area contributed by atoms with Crippen molar-refractivity contribution >= 4 is 15.7 Å². The molecule has 6 heteroatoms. The minimum absolute atomic E-state index is 0.0433. The topological polar surface area (TPSA) is 72.5 Å². The fourth-order valence-corrected chi connectivity index (χ4v) is 4.91. The summed E-state index contributed by atoms with van der Waals surface area (Å²) in [5.41, 5.74) is 0.533. The maximum Gasteiger partial charge on any atom is 0.251 e. The average Bonchev–Trinajstić information content (AvgIpc) is 2.88. The Hall–Kier alpha value is -1.56. The first-order valence-electron chi connectivity index (χ1n) is 8.30. The number of hydrogen-bond acceptors (Lipinski definition) is 4. The van der Waals surface area contributed by atoms with Crippen LogP contribution in [-0.4, -0.2) is 38.0 Å². The molecule has 0 bridgehead atoms. The summed E-state index contributed by atoms with van der Waals surface area (Å²) < 4.78 is 28.8. The van der Waals surface area contributed by atoms with E-state index in [-0.39, 0.29) is 29.6 Å². The van der Waals surface area contributed by atoms with E-state index in [0.717, 1.165) is 18.6 Å². The van der Waals surface area contributed by atoms with E-state index >= 15 is 0 Å². The predicted octanol–water partition coefficient (Wildman–Crippen LogP) is 2.31. The van der Waals surface area contributed by atoms with Crippen molar-refractivity contribution in [3.8, 4) is 5.75 Å². The highest BCUT2D eigenvalue weighted by Gasteiger charge is 2.29. The van der Waals surface area contributed by atoms with Crippen LogP contribution in [0.5, 0.6) is 5.75 Å². The number of rotatable bonds is 4. The number of carbonyl (C=O) groups excluding carboxylic acids is 1. The molecule has 5 nitrogen and oxygen atoms in total. The molecule has 1 aromatic carbocycles. The molecule has 3 rings (SSSR count). The van der Waals surface area contributed by atoms with Crippen molar-refractivity contribution in [2.75, 3.05) is 11.5 Å². The Kier molecular flexibility index (Phi) is 4.90. The third kappa shape index (κ3) is 4.47. The van der Waals surface area contributed by atoms with Crippen LogP contribution in [0.1, 0.15) is 48.9 Å². The van der Waals surface area contributed by atoms with Crippen LogP contribution in [0.2, 0.25) is 0 Å². The average molecular weight is 337 g/mol. The Morgan fingerprint density at radius 2 is 1.74 bits per heavy atom. The van der Waals surface area contributed by atoms with Crippen molar-refractivity contribution in [3.63, 3.8) is 0 Å². The molecule has 1 heterocycles. The Morgan fingerprint density at radius 1 is 1.04 bits per heavy atom. The van der Waals surface area contributed by atoms with E-state index in [0.29, 0.717) is 12.0 Å². The molecular weight excluding hydrogens is 314 g/mol. The van der Waals surface area contributed by atoms with E-state index in [2.05, 4.69) is 5.32 Å². The van der Waals surface area contributed by atoms with Crippen molar-refractivity contribution in [1.82, 2.24) is 5.32 Å². The molecule has 0 radical (unpaired) electrons. The number of hydrogen-bond donors (Lipinski definition) is 1. The second-order valence-corrected chi connectivity index (χ2v) is 8.70. The van der Waals surface area contributed by atoms with Gasteiger partial charge >= 0.3 is 0 Å². The van der Waals surface area contributed by atoms with Gasteiger partial charge in [0.2, 0.25) is 0 Å². The van der Waals surface area contributed by atoms with Crippen LogP contribution in [0, 0.1) is 0 Å². The van der Waals surface area contributed by atoms with Crippen molar-refractivity contribution in [2.24, 2.45) is 0 Å². The molecule has 0 unspecified atom stereocenters. The van der Waals surface area contributed by atoms with Gasteiger partial charge in [-0.15, -0.1) is 0 Å². The third-order valence-electron chi connectivity index (χ3n) is 4.54. The monoisotopic (exact) mass is 337 g/mol. The summed E-state index contributed by atoms with van der Waals surface area (Å²) in [6.07, 6.45) is 6.70. The highest BCUT2D eigenvalue weighted by atomic mass is 32.2. The standard InChI is InChI=1S/C17H23NO4S/c19-17(18-14-10-11-23(20,21)12-14)13-6-8-16(9-7-13)22-15-4-2-1-3-5-15/h6-9,14-15H,1-5,10-12H2,(H,18,19)/t14-/m1/s1. The van der Waals surface area contributed by atoms with E-state index in [4.69, 9.17) is 4.74 Å². The molecule has 2 aliphatic rings. The van der Waals surface area contributed by atoms with Crippen LogP contribution >= 0.6 is 0 Å². The van der Waals surface area contributed by atoms with E-state index < -0.39 is 9.84 Å². The number of carbonyl (C=O) groups is 1. The highest BCUT2D eigenvalue weighted by molar-refractivity contribution is 7.91. The van der Waals surface area contributed by atoms with Gasteiger partial charge in [-0.2, -0.15) is 0 Å². The predicted molar refractivity (Wildman–Crippen MR) is 88.5 cm³/mol. The van der Waals surface area contributed by atoms with E-state index in [1.54, 1.807) is 12.1 Å². The van der Waals surface area contributed by atoms with Crippen molar-refractivity contribution in [1.29, 1.82) is 0 Å². The Labute approximate surface area is 137 Å². The Bertz CT molecular complexity index is 648. The molecule has 1 atom stereocenters. The van der Waals surface area contributed by atoms with Gasteiger partial charge in [0.05, 0.1) is 17.6 Å². The summed E-state index contributed by atoms with van der Waals surface area (Å²) in [6.45, 7) is 0. The Balaban J connectivity index is 1.55. The summed E-state index contributed by atoms with van der Waals surface area (Å²) in [5.74, 6) is 0.765. The van der Waals surface area contributed by atoms with Gasteiger partial charge in [0.1, 0.15) is 5.75 Å². The lowest BCUT2D eigenvalue weighted by Gasteiger charge is -2.23. The molecule has 1 aromatic rings. The molecule has 1 amide bonds. The maximum atomic E-state index is 12.2. The zero-order valence-corrected chi connectivity index (χ0v) is 14.0. The lowest BCUT2D eigenvalue weighted by atomic mass is 9.98. The SMILES string of the molecule is O=C(N[C@@H]1CCS(=O)(=O)C1)c1ccc(OC2CCCCC2)cc1. The lowest BCUT2D eigenvalue weighted by Crippen LogP contribution is -2.35. The molecule has 23 heavy (non-hydrogen) atoms. The van der Waals surface area contributed by atoms with Crippen molar-refractivity contribution < 1.29 is 17.9 Å². The molecular formula is C17H23NO4S. The lowest BCUT2D eigenvalue weighted by molar-refractivity contribution is 0.0941. The molecule has 1 saturated heterocycles.